The summed E-state index contributed by atoms with van der Waals surface area (Å²) in [5, 5.41) is 5.96. The van der Waals surface area contributed by atoms with E-state index in [-0.39, 0.29) is 11.6 Å². The fraction of sp³-hybridized carbons (Fsp3) is 0.182. The van der Waals surface area contributed by atoms with Crippen LogP contribution < -0.4 is 10.6 Å². The van der Waals surface area contributed by atoms with Gasteiger partial charge in [-0.25, -0.2) is 14.8 Å². The fourth-order valence-corrected chi connectivity index (χ4v) is 2.73. The summed E-state index contributed by atoms with van der Waals surface area (Å²) in [6.07, 6.45) is 0. The van der Waals surface area contributed by atoms with E-state index in [1.807, 2.05) is 32.0 Å². The largest absolute Gasteiger partial charge is 0.465 e. The summed E-state index contributed by atoms with van der Waals surface area (Å²) in [5.74, 6) is -0.452. The number of anilines is 3. The van der Waals surface area contributed by atoms with Gasteiger partial charge in [0.25, 0.3) is 5.91 Å². The predicted octanol–water partition coefficient (Wildman–Crippen LogP) is 4.18. The number of nitrogens with zero attached hydrogens (tertiary/aromatic N) is 2. The average Bonchev–Trinajstić information content (AvgIpc) is 2.70. The van der Waals surface area contributed by atoms with Crippen molar-refractivity contribution in [1.82, 2.24) is 9.97 Å². The van der Waals surface area contributed by atoms with Gasteiger partial charge < -0.3 is 15.4 Å². The molecule has 7 heteroatoms. The smallest absolute Gasteiger partial charge is 0.337 e. The summed E-state index contributed by atoms with van der Waals surface area (Å²) in [6.45, 7) is 5.80. The summed E-state index contributed by atoms with van der Waals surface area (Å²) < 4.78 is 4.67. The van der Waals surface area contributed by atoms with E-state index in [0.29, 0.717) is 22.9 Å². The minimum Gasteiger partial charge on any atom is -0.465 e. The third-order valence-corrected chi connectivity index (χ3v) is 4.29. The van der Waals surface area contributed by atoms with Gasteiger partial charge in [-0.3, -0.25) is 4.79 Å². The SMILES string of the molecule is COC(=O)c1ccc(NC(=O)c2cc(C)nc(Nc3cc(C)ccc3C)n2)cc1. The number of aromatic nitrogens is 2. The van der Waals surface area contributed by atoms with Crippen LogP contribution in [-0.4, -0.2) is 29.0 Å². The molecule has 1 amide bonds. The van der Waals surface area contributed by atoms with E-state index >= 15 is 0 Å². The molecule has 1 heterocycles. The lowest BCUT2D eigenvalue weighted by molar-refractivity contribution is 0.0600. The van der Waals surface area contributed by atoms with E-state index in [2.05, 4.69) is 25.3 Å². The van der Waals surface area contributed by atoms with E-state index in [1.54, 1.807) is 37.3 Å². The Labute approximate surface area is 169 Å². The number of ether oxygens (including phenoxy) is 1. The molecule has 0 bridgehead atoms. The Balaban J connectivity index is 1.79. The molecule has 3 rings (SSSR count). The molecule has 1 aromatic heterocycles. The van der Waals surface area contributed by atoms with Gasteiger partial charge in [0.15, 0.2) is 0 Å². The van der Waals surface area contributed by atoms with Gasteiger partial charge in [0, 0.05) is 17.1 Å². The Hall–Kier alpha value is -3.74. The number of nitrogens with one attached hydrogen (secondary N) is 2. The van der Waals surface area contributed by atoms with Crippen molar-refractivity contribution in [2.24, 2.45) is 0 Å². The van der Waals surface area contributed by atoms with Crippen LogP contribution in [0, 0.1) is 20.8 Å². The van der Waals surface area contributed by atoms with Crippen LogP contribution in [0.2, 0.25) is 0 Å². The number of carbonyl (C=O) groups excluding carboxylic acids is 2. The molecule has 0 saturated heterocycles. The third kappa shape index (κ3) is 4.95. The molecule has 2 N–H and O–H groups in total. The molecule has 0 spiro atoms. The van der Waals surface area contributed by atoms with Crippen LogP contribution in [0.3, 0.4) is 0 Å². The number of rotatable bonds is 5. The van der Waals surface area contributed by atoms with Gasteiger partial charge in [-0.2, -0.15) is 0 Å². The number of esters is 1. The van der Waals surface area contributed by atoms with Crippen LogP contribution in [0.25, 0.3) is 0 Å². The van der Waals surface area contributed by atoms with Crippen molar-refractivity contribution in [3.05, 3.63) is 76.6 Å². The molecule has 2 aromatic carbocycles. The topological polar surface area (TPSA) is 93.2 Å². The van der Waals surface area contributed by atoms with Crippen LogP contribution in [0.15, 0.2) is 48.5 Å². The summed E-state index contributed by atoms with van der Waals surface area (Å²) in [5.41, 5.74) is 4.91. The maximum atomic E-state index is 12.6. The van der Waals surface area contributed by atoms with E-state index in [1.165, 1.54) is 7.11 Å². The quantitative estimate of drug-likeness (QED) is 0.635. The summed E-state index contributed by atoms with van der Waals surface area (Å²) >= 11 is 0. The van der Waals surface area contributed by atoms with Gasteiger partial charge in [-0.05, 0) is 68.3 Å². The van der Waals surface area contributed by atoms with Crippen molar-refractivity contribution in [3.63, 3.8) is 0 Å². The van der Waals surface area contributed by atoms with Crippen LogP contribution in [0.4, 0.5) is 17.3 Å². The Morgan fingerprint density at radius 3 is 2.34 bits per heavy atom. The van der Waals surface area contributed by atoms with E-state index in [9.17, 15) is 9.59 Å². The number of benzene rings is 2. The van der Waals surface area contributed by atoms with Gasteiger partial charge in [0.2, 0.25) is 5.95 Å². The first-order valence-electron chi connectivity index (χ1n) is 9.05. The first kappa shape index (κ1) is 20.0. The predicted molar refractivity (Wildman–Crippen MR) is 112 cm³/mol. The molecule has 0 fully saturated rings. The number of carbonyl (C=O) groups is 2. The standard InChI is InChI=1S/C22H22N4O3/c1-13-5-6-14(2)18(11-13)25-22-23-15(3)12-19(26-22)20(27)24-17-9-7-16(8-10-17)21(28)29-4/h5-12H,1-4H3,(H,24,27)(H,23,25,26). The second kappa shape index (κ2) is 8.52. The van der Waals surface area contributed by atoms with Crippen LogP contribution in [-0.2, 0) is 4.74 Å². The Morgan fingerprint density at radius 1 is 0.931 bits per heavy atom. The molecular weight excluding hydrogens is 368 g/mol. The zero-order valence-electron chi connectivity index (χ0n) is 16.7. The van der Waals surface area contributed by atoms with Gasteiger partial charge in [0.05, 0.1) is 12.7 Å². The minimum atomic E-state index is -0.434. The molecule has 0 aliphatic rings. The zero-order chi connectivity index (χ0) is 21.0. The normalized spacial score (nSPS) is 10.3. The molecule has 148 valence electrons. The minimum absolute atomic E-state index is 0.238. The molecule has 0 radical (unpaired) electrons. The molecule has 0 aliphatic carbocycles. The summed E-state index contributed by atoms with van der Waals surface area (Å²) in [4.78, 5) is 32.9. The van der Waals surface area contributed by atoms with Crippen molar-refractivity contribution in [1.29, 1.82) is 0 Å². The number of amides is 1. The molecule has 29 heavy (non-hydrogen) atoms. The van der Waals surface area contributed by atoms with Gasteiger partial charge in [-0.1, -0.05) is 12.1 Å². The van der Waals surface area contributed by atoms with E-state index in [0.717, 1.165) is 16.8 Å². The number of hydrogen-bond acceptors (Lipinski definition) is 6. The van der Waals surface area contributed by atoms with Crippen molar-refractivity contribution < 1.29 is 14.3 Å². The van der Waals surface area contributed by atoms with Crippen molar-refractivity contribution in [2.75, 3.05) is 17.7 Å². The second-order valence-corrected chi connectivity index (χ2v) is 6.68. The molecule has 3 aromatic rings. The maximum Gasteiger partial charge on any atom is 0.337 e. The molecular formula is C22H22N4O3. The molecule has 0 atom stereocenters. The molecule has 7 nitrogen and oxygen atoms in total. The number of aryl methyl sites for hydroxylation is 3. The van der Waals surface area contributed by atoms with Crippen LogP contribution >= 0.6 is 0 Å². The van der Waals surface area contributed by atoms with Crippen molar-refractivity contribution in [3.8, 4) is 0 Å². The van der Waals surface area contributed by atoms with Crippen LogP contribution in [0.5, 0.6) is 0 Å². The molecule has 0 aliphatic heterocycles. The monoisotopic (exact) mass is 390 g/mol. The van der Waals surface area contributed by atoms with Gasteiger partial charge in [0.1, 0.15) is 5.69 Å². The Bertz CT molecular complexity index is 1060. The number of hydrogen-bond donors (Lipinski definition) is 2. The van der Waals surface area contributed by atoms with Crippen LogP contribution in [0.1, 0.15) is 37.7 Å². The van der Waals surface area contributed by atoms with Gasteiger partial charge in [-0.15, -0.1) is 0 Å². The van der Waals surface area contributed by atoms with Crippen molar-refractivity contribution in [2.45, 2.75) is 20.8 Å². The summed E-state index contributed by atoms with van der Waals surface area (Å²) in [7, 11) is 1.32. The zero-order valence-corrected chi connectivity index (χ0v) is 16.7. The third-order valence-electron chi connectivity index (χ3n) is 4.29. The Morgan fingerprint density at radius 2 is 1.66 bits per heavy atom. The lowest BCUT2D eigenvalue weighted by atomic mass is 10.1. The molecule has 0 unspecified atom stereocenters. The second-order valence-electron chi connectivity index (χ2n) is 6.68. The van der Waals surface area contributed by atoms with E-state index in [4.69, 9.17) is 0 Å². The fourth-order valence-electron chi connectivity index (χ4n) is 2.73. The highest BCUT2D eigenvalue weighted by Crippen LogP contribution is 2.20. The first-order valence-corrected chi connectivity index (χ1v) is 9.05. The highest BCUT2D eigenvalue weighted by Gasteiger charge is 2.13. The van der Waals surface area contributed by atoms with Gasteiger partial charge >= 0.3 is 5.97 Å². The molecule has 0 saturated carbocycles. The highest BCUT2D eigenvalue weighted by atomic mass is 16.5. The maximum absolute atomic E-state index is 12.6. The lowest BCUT2D eigenvalue weighted by Crippen LogP contribution is -2.15. The average molecular weight is 390 g/mol. The van der Waals surface area contributed by atoms with E-state index < -0.39 is 5.97 Å². The highest BCUT2D eigenvalue weighted by molar-refractivity contribution is 6.03. The van der Waals surface area contributed by atoms with Crippen molar-refractivity contribution >= 4 is 29.2 Å². The Kier molecular flexibility index (Phi) is 5.87. The lowest BCUT2D eigenvalue weighted by Gasteiger charge is -2.11. The first-order chi connectivity index (χ1) is 13.9. The number of methoxy groups -OCH3 is 1. The summed E-state index contributed by atoms with van der Waals surface area (Å²) in [6, 6.07) is 14.1.